The summed E-state index contributed by atoms with van der Waals surface area (Å²) >= 11 is 1.58. The van der Waals surface area contributed by atoms with E-state index in [0.29, 0.717) is 12.5 Å². The van der Waals surface area contributed by atoms with Gasteiger partial charge in [0.15, 0.2) is 0 Å². The van der Waals surface area contributed by atoms with Crippen LogP contribution in [0.4, 0.5) is 0 Å². The molecule has 1 atom stereocenters. The van der Waals surface area contributed by atoms with Gasteiger partial charge in [-0.3, -0.25) is 4.79 Å². The second-order valence-corrected chi connectivity index (χ2v) is 7.85. The summed E-state index contributed by atoms with van der Waals surface area (Å²) in [7, 11) is 0. The van der Waals surface area contributed by atoms with Crippen molar-refractivity contribution in [2.24, 2.45) is 5.92 Å². The predicted octanol–water partition coefficient (Wildman–Crippen LogP) is 4.84. The number of carbonyl (C=O) groups excluding carboxylic acids is 1. The Morgan fingerprint density at radius 2 is 2.04 bits per heavy atom. The number of amides is 1. The Labute approximate surface area is 148 Å². The van der Waals surface area contributed by atoms with Crippen LogP contribution in [0.1, 0.15) is 59.0 Å². The molecule has 0 spiro atoms. The van der Waals surface area contributed by atoms with Crippen molar-refractivity contribution in [1.29, 1.82) is 0 Å². The molecule has 1 amide bonds. The first-order valence-corrected chi connectivity index (χ1v) is 9.73. The van der Waals surface area contributed by atoms with E-state index in [1.807, 2.05) is 25.1 Å². The Balaban J connectivity index is 1.85. The van der Waals surface area contributed by atoms with Gasteiger partial charge >= 0.3 is 0 Å². The number of rotatable bonds is 7. The van der Waals surface area contributed by atoms with Gasteiger partial charge in [0.05, 0.1) is 10.7 Å². The molecule has 128 valence electrons. The molecule has 4 heteroatoms. The van der Waals surface area contributed by atoms with Gasteiger partial charge in [-0.2, -0.15) is 0 Å². The van der Waals surface area contributed by atoms with Gasteiger partial charge < -0.3 is 4.90 Å². The van der Waals surface area contributed by atoms with E-state index in [1.54, 1.807) is 11.3 Å². The van der Waals surface area contributed by atoms with Crippen molar-refractivity contribution < 1.29 is 4.79 Å². The minimum atomic E-state index is 0.149. The van der Waals surface area contributed by atoms with Crippen molar-refractivity contribution in [2.75, 3.05) is 0 Å². The van der Waals surface area contributed by atoms with Crippen molar-refractivity contribution >= 4 is 17.2 Å². The average molecular weight is 343 g/mol. The van der Waals surface area contributed by atoms with E-state index in [4.69, 9.17) is 0 Å². The number of hydrogen-bond donors (Lipinski definition) is 0. The minimum absolute atomic E-state index is 0.149. The maximum Gasteiger partial charge on any atom is 0.266 e. The van der Waals surface area contributed by atoms with E-state index in [2.05, 4.69) is 35.9 Å². The summed E-state index contributed by atoms with van der Waals surface area (Å²) in [6.07, 6.45) is 4.49. The van der Waals surface area contributed by atoms with Crippen molar-refractivity contribution in [3.05, 3.63) is 51.5 Å². The Kier molecular flexibility index (Phi) is 5.34. The molecule has 1 heterocycles. The Bertz CT molecular complexity index is 691. The summed E-state index contributed by atoms with van der Waals surface area (Å²) in [5, 5.41) is 1.08. The van der Waals surface area contributed by atoms with Crippen LogP contribution in [0.2, 0.25) is 0 Å². The number of benzene rings is 1. The predicted molar refractivity (Wildman–Crippen MR) is 99.3 cm³/mol. The summed E-state index contributed by atoms with van der Waals surface area (Å²) in [6.45, 7) is 6.99. The van der Waals surface area contributed by atoms with E-state index in [0.717, 1.165) is 28.4 Å². The Morgan fingerprint density at radius 1 is 1.33 bits per heavy atom. The highest BCUT2D eigenvalue weighted by Crippen LogP contribution is 2.36. The van der Waals surface area contributed by atoms with Gasteiger partial charge in [-0.15, -0.1) is 11.3 Å². The Morgan fingerprint density at radius 3 is 2.67 bits per heavy atom. The average Bonchev–Trinajstić information content (AvgIpc) is 3.36. The van der Waals surface area contributed by atoms with Crippen molar-refractivity contribution in [3.63, 3.8) is 0 Å². The lowest BCUT2D eigenvalue weighted by atomic mass is 10.1. The molecular formula is C20H26N2OS. The van der Waals surface area contributed by atoms with E-state index < -0.39 is 0 Å². The molecule has 3 rings (SSSR count). The van der Waals surface area contributed by atoms with Gasteiger partial charge in [0, 0.05) is 12.6 Å². The second-order valence-electron chi connectivity index (χ2n) is 6.77. The summed E-state index contributed by atoms with van der Waals surface area (Å²) in [5.41, 5.74) is 2.07. The first-order chi connectivity index (χ1) is 11.6. The van der Waals surface area contributed by atoms with Crippen LogP contribution in [0.3, 0.4) is 0 Å². The van der Waals surface area contributed by atoms with Crippen molar-refractivity contribution in [1.82, 2.24) is 9.88 Å². The zero-order valence-electron chi connectivity index (χ0n) is 14.8. The van der Waals surface area contributed by atoms with Crippen molar-refractivity contribution in [3.8, 4) is 0 Å². The smallest absolute Gasteiger partial charge is 0.266 e. The number of hydrogen-bond acceptors (Lipinski definition) is 3. The molecule has 1 unspecified atom stereocenters. The highest BCUT2D eigenvalue weighted by molar-refractivity contribution is 7.13. The summed E-state index contributed by atoms with van der Waals surface area (Å²) in [6, 6.07) is 10.6. The van der Waals surface area contributed by atoms with E-state index >= 15 is 0 Å². The van der Waals surface area contributed by atoms with Crippen molar-refractivity contribution in [2.45, 2.75) is 59.0 Å². The zero-order chi connectivity index (χ0) is 17.1. The van der Waals surface area contributed by atoms with Gasteiger partial charge in [0.1, 0.15) is 4.88 Å². The fourth-order valence-electron chi connectivity index (χ4n) is 3.12. The highest BCUT2D eigenvalue weighted by atomic mass is 32.1. The SMILES string of the molecule is CCCc1nc(C)c(C(=O)N(Cc2ccccc2)C(C)C2CC2)s1. The molecule has 1 fully saturated rings. The standard InChI is InChI=1S/C20H26N2OS/c1-4-8-18-21-14(2)19(24-18)20(23)22(15(3)17-11-12-17)13-16-9-6-5-7-10-16/h5-7,9-10,15,17H,4,8,11-13H2,1-3H3. The molecule has 0 radical (unpaired) electrons. The Hall–Kier alpha value is -1.68. The molecule has 1 aromatic carbocycles. The first-order valence-electron chi connectivity index (χ1n) is 8.91. The van der Waals surface area contributed by atoms with Crippen LogP contribution in [-0.4, -0.2) is 21.8 Å². The van der Waals surface area contributed by atoms with E-state index in [-0.39, 0.29) is 11.9 Å². The zero-order valence-corrected chi connectivity index (χ0v) is 15.6. The molecule has 1 saturated carbocycles. The molecule has 2 aromatic rings. The minimum Gasteiger partial charge on any atom is -0.331 e. The van der Waals surface area contributed by atoms with Crippen LogP contribution in [-0.2, 0) is 13.0 Å². The van der Waals surface area contributed by atoms with Gasteiger partial charge in [-0.25, -0.2) is 4.98 Å². The van der Waals surface area contributed by atoms with Crippen LogP contribution in [0.15, 0.2) is 30.3 Å². The quantitative estimate of drug-likeness (QED) is 0.721. The molecule has 1 aliphatic carbocycles. The third kappa shape index (κ3) is 3.86. The van der Waals surface area contributed by atoms with Crippen LogP contribution in [0.25, 0.3) is 0 Å². The molecule has 0 saturated heterocycles. The summed E-state index contributed by atoms with van der Waals surface area (Å²) in [5.74, 6) is 0.802. The first kappa shape index (κ1) is 17.2. The van der Waals surface area contributed by atoms with Crippen LogP contribution < -0.4 is 0 Å². The van der Waals surface area contributed by atoms with Crippen LogP contribution in [0.5, 0.6) is 0 Å². The number of nitrogens with zero attached hydrogens (tertiary/aromatic N) is 2. The third-order valence-electron chi connectivity index (χ3n) is 4.75. The number of aromatic nitrogens is 1. The molecule has 24 heavy (non-hydrogen) atoms. The molecule has 0 aliphatic heterocycles. The highest BCUT2D eigenvalue weighted by Gasteiger charge is 2.35. The largest absolute Gasteiger partial charge is 0.331 e. The molecular weight excluding hydrogens is 316 g/mol. The molecule has 0 N–H and O–H groups in total. The lowest BCUT2D eigenvalue weighted by Gasteiger charge is -2.29. The number of aryl methyl sites for hydroxylation is 2. The maximum atomic E-state index is 13.3. The van der Waals surface area contributed by atoms with Gasteiger partial charge in [0.25, 0.3) is 5.91 Å². The summed E-state index contributed by atoms with van der Waals surface area (Å²) < 4.78 is 0. The molecule has 1 aliphatic rings. The lowest BCUT2D eigenvalue weighted by Crippen LogP contribution is -2.39. The van der Waals surface area contributed by atoms with E-state index in [9.17, 15) is 4.79 Å². The molecule has 1 aromatic heterocycles. The number of thiazole rings is 1. The maximum absolute atomic E-state index is 13.3. The monoisotopic (exact) mass is 342 g/mol. The van der Waals surface area contributed by atoms with E-state index in [1.165, 1.54) is 18.4 Å². The summed E-state index contributed by atoms with van der Waals surface area (Å²) in [4.78, 5) is 20.7. The van der Waals surface area contributed by atoms with Gasteiger partial charge in [-0.05, 0) is 51.0 Å². The number of carbonyl (C=O) groups is 1. The third-order valence-corrected chi connectivity index (χ3v) is 5.96. The van der Waals surface area contributed by atoms with Crippen LogP contribution >= 0.6 is 11.3 Å². The molecule has 0 bridgehead atoms. The van der Waals surface area contributed by atoms with Gasteiger partial charge in [0.2, 0.25) is 0 Å². The molecule has 3 nitrogen and oxygen atoms in total. The fraction of sp³-hybridized carbons (Fsp3) is 0.500. The van der Waals surface area contributed by atoms with Gasteiger partial charge in [-0.1, -0.05) is 37.3 Å². The fourth-order valence-corrected chi connectivity index (χ4v) is 4.24. The second kappa shape index (κ2) is 7.47. The lowest BCUT2D eigenvalue weighted by molar-refractivity contribution is 0.0658. The normalized spacial score (nSPS) is 15.3. The van der Waals surface area contributed by atoms with Crippen LogP contribution in [0, 0.1) is 12.8 Å². The topological polar surface area (TPSA) is 33.2 Å².